The van der Waals surface area contributed by atoms with Crippen LogP contribution in [-0.4, -0.2) is 30.0 Å². The maximum atomic E-state index is 12.7. The van der Waals surface area contributed by atoms with Gasteiger partial charge in [-0.3, -0.25) is 9.69 Å². The van der Waals surface area contributed by atoms with Gasteiger partial charge in [-0.1, -0.05) is 37.3 Å². The van der Waals surface area contributed by atoms with E-state index in [9.17, 15) is 4.79 Å². The summed E-state index contributed by atoms with van der Waals surface area (Å²) in [6.07, 6.45) is 2.72. The van der Waals surface area contributed by atoms with Crippen LogP contribution in [0.5, 0.6) is 5.75 Å². The highest BCUT2D eigenvalue weighted by molar-refractivity contribution is 5.81. The first-order chi connectivity index (χ1) is 13.5. The van der Waals surface area contributed by atoms with Crippen molar-refractivity contribution in [3.05, 3.63) is 64.7 Å². The molecule has 1 aliphatic rings. The number of carbonyl (C=O) groups excluding carboxylic acids is 1. The van der Waals surface area contributed by atoms with E-state index >= 15 is 0 Å². The molecule has 4 nitrogen and oxygen atoms in total. The average molecular weight is 381 g/mol. The molecular formula is C24H32N2O2. The van der Waals surface area contributed by atoms with E-state index < -0.39 is 6.10 Å². The zero-order valence-corrected chi connectivity index (χ0v) is 17.3. The van der Waals surface area contributed by atoms with Gasteiger partial charge in [0.25, 0.3) is 5.91 Å². The Bertz CT molecular complexity index is 777. The van der Waals surface area contributed by atoms with Crippen LogP contribution >= 0.6 is 0 Å². The number of nitrogens with one attached hydrogen (secondary N) is 1. The molecule has 1 N–H and O–H groups in total. The molecule has 4 heteroatoms. The molecule has 150 valence electrons. The zero-order chi connectivity index (χ0) is 19.9. The first-order valence-corrected chi connectivity index (χ1v) is 10.4. The number of carbonyl (C=O) groups is 1. The number of likely N-dealkylation sites (tertiary alicyclic amines) is 1. The van der Waals surface area contributed by atoms with Gasteiger partial charge in [-0.05, 0) is 80.6 Å². The van der Waals surface area contributed by atoms with Crippen LogP contribution in [0.2, 0.25) is 0 Å². The number of amides is 1. The zero-order valence-electron chi connectivity index (χ0n) is 17.3. The molecule has 1 unspecified atom stereocenters. The third-order valence-electron chi connectivity index (χ3n) is 5.30. The molecule has 1 aliphatic heterocycles. The number of hydrogen-bond acceptors (Lipinski definition) is 3. The van der Waals surface area contributed by atoms with Crippen LogP contribution in [0.1, 0.15) is 48.4 Å². The fraction of sp³-hybridized carbons (Fsp3) is 0.458. The van der Waals surface area contributed by atoms with Crippen molar-refractivity contribution in [2.75, 3.05) is 13.1 Å². The van der Waals surface area contributed by atoms with E-state index in [1.54, 1.807) is 0 Å². The summed E-state index contributed by atoms with van der Waals surface area (Å²) in [5.74, 6) is 0.701. The number of ether oxygens (including phenoxy) is 1. The SMILES string of the molecule is CCC(Oc1cc(C)cc(C)c1)C(=O)NCc1ccccc1CN1CCCC1. The summed E-state index contributed by atoms with van der Waals surface area (Å²) in [5, 5.41) is 3.08. The molecule has 0 aliphatic carbocycles. The smallest absolute Gasteiger partial charge is 0.261 e. The quantitative estimate of drug-likeness (QED) is 0.739. The van der Waals surface area contributed by atoms with E-state index in [-0.39, 0.29) is 5.91 Å². The minimum Gasteiger partial charge on any atom is -0.481 e. The monoisotopic (exact) mass is 380 g/mol. The Labute approximate surface area is 168 Å². The molecule has 2 aromatic carbocycles. The van der Waals surface area contributed by atoms with Crippen LogP contribution in [0.15, 0.2) is 42.5 Å². The van der Waals surface area contributed by atoms with Crippen molar-refractivity contribution in [2.45, 2.75) is 59.2 Å². The van der Waals surface area contributed by atoms with Crippen LogP contribution in [-0.2, 0) is 17.9 Å². The summed E-state index contributed by atoms with van der Waals surface area (Å²) in [6.45, 7) is 9.90. The van der Waals surface area contributed by atoms with Crippen molar-refractivity contribution in [1.29, 1.82) is 0 Å². The predicted molar refractivity (Wildman–Crippen MR) is 113 cm³/mol. The lowest BCUT2D eigenvalue weighted by molar-refractivity contribution is -0.128. The van der Waals surface area contributed by atoms with Crippen LogP contribution in [0.25, 0.3) is 0 Å². The van der Waals surface area contributed by atoms with E-state index in [4.69, 9.17) is 4.74 Å². The molecule has 1 saturated heterocycles. The van der Waals surface area contributed by atoms with Gasteiger partial charge in [0.05, 0.1) is 0 Å². The molecule has 2 aromatic rings. The molecule has 3 rings (SSSR count). The molecule has 1 amide bonds. The molecule has 0 spiro atoms. The van der Waals surface area contributed by atoms with Crippen molar-refractivity contribution in [2.24, 2.45) is 0 Å². The highest BCUT2D eigenvalue weighted by atomic mass is 16.5. The number of nitrogens with zero attached hydrogens (tertiary/aromatic N) is 1. The minimum atomic E-state index is -0.480. The van der Waals surface area contributed by atoms with Crippen molar-refractivity contribution in [3.8, 4) is 5.75 Å². The standard InChI is InChI=1S/C24H32N2O2/c1-4-23(28-22-14-18(2)13-19(3)15-22)24(27)25-16-20-9-5-6-10-21(20)17-26-11-7-8-12-26/h5-6,9-10,13-15,23H,4,7-8,11-12,16-17H2,1-3H3,(H,25,27). The molecular weight excluding hydrogens is 348 g/mol. The van der Waals surface area contributed by atoms with E-state index in [0.717, 1.165) is 23.4 Å². The lowest BCUT2D eigenvalue weighted by Gasteiger charge is -2.20. The second-order valence-electron chi connectivity index (χ2n) is 7.81. The summed E-state index contributed by atoms with van der Waals surface area (Å²) in [6, 6.07) is 14.5. The van der Waals surface area contributed by atoms with Gasteiger partial charge in [0.15, 0.2) is 6.10 Å². The highest BCUT2D eigenvalue weighted by Gasteiger charge is 2.19. The van der Waals surface area contributed by atoms with E-state index in [0.29, 0.717) is 13.0 Å². The molecule has 0 aromatic heterocycles. The summed E-state index contributed by atoms with van der Waals surface area (Å²) < 4.78 is 5.99. The summed E-state index contributed by atoms with van der Waals surface area (Å²) in [7, 11) is 0. The number of hydrogen-bond donors (Lipinski definition) is 1. The Hall–Kier alpha value is -2.33. The van der Waals surface area contributed by atoms with Crippen molar-refractivity contribution < 1.29 is 9.53 Å². The maximum absolute atomic E-state index is 12.7. The van der Waals surface area contributed by atoms with E-state index in [1.807, 2.05) is 39.0 Å². The van der Waals surface area contributed by atoms with Gasteiger partial charge in [-0.25, -0.2) is 0 Å². The third kappa shape index (κ3) is 5.59. The van der Waals surface area contributed by atoms with Gasteiger partial charge in [0.1, 0.15) is 5.75 Å². The van der Waals surface area contributed by atoms with Crippen molar-refractivity contribution in [1.82, 2.24) is 10.2 Å². The molecule has 1 fully saturated rings. The Kier molecular flexibility index (Phi) is 7.10. The Morgan fingerprint density at radius 2 is 1.71 bits per heavy atom. The Morgan fingerprint density at radius 1 is 1.07 bits per heavy atom. The van der Waals surface area contributed by atoms with Gasteiger partial charge in [-0.2, -0.15) is 0 Å². The van der Waals surface area contributed by atoms with Gasteiger partial charge >= 0.3 is 0 Å². The normalized spacial score (nSPS) is 15.4. The highest BCUT2D eigenvalue weighted by Crippen LogP contribution is 2.19. The lowest BCUT2D eigenvalue weighted by atomic mass is 10.1. The Morgan fingerprint density at radius 3 is 2.36 bits per heavy atom. The van der Waals surface area contributed by atoms with Gasteiger partial charge in [0.2, 0.25) is 0 Å². The largest absolute Gasteiger partial charge is 0.481 e. The Balaban J connectivity index is 1.60. The van der Waals surface area contributed by atoms with Crippen LogP contribution in [0.4, 0.5) is 0 Å². The first-order valence-electron chi connectivity index (χ1n) is 10.4. The summed E-state index contributed by atoms with van der Waals surface area (Å²) in [5.41, 5.74) is 4.76. The van der Waals surface area contributed by atoms with Gasteiger partial charge in [-0.15, -0.1) is 0 Å². The fourth-order valence-electron chi connectivity index (χ4n) is 3.85. The van der Waals surface area contributed by atoms with Gasteiger partial charge < -0.3 is 10.1 Å². The number of aryl methyl sites for hydroxylation is 2. The van der Waals surface area contributed by atoms with Crippen LogP contribution < -0.4 is 10.1 Å². The molecule has 28 heavy (non-hydrogen) atoms. The van der Waals surface area contributed by atoms with Crippen molar-refractivity contribution in [3.63, 3.8) is 0 Å². The molecule has 0 bridgehead atoms. The minimum absolute atomic E-state index is 0.0577. The molecule has 1 atom stereocenters. The fourth-order valence-corrected chi connectivity index (χ4v) is 3.85. The second kappa shape index (κ2) is 9.74. The molecule has 0 radical (unpaired) electrons. The van der Waals surface area contributed by atoms with E-state index in [2.05, 4.69) is 34.5 Å². The number of rotatable bonds is 8. The van der Waals surface area contributed by atoms with Gasteiger partial charge in [0, 0.05) is 13.1 Å². The van der Waals surface area contributed by atoms with Crippen LogP contribution in [0.3, 0.4) is 0 Å². The predicted octanol–water partition coefficient (Wildman–Crippen LogP) is 4.37. The van der Waals surface area contributed by atoms with Crippen molar-refractivity contribution >= 4 is 5.91 Å². The average Bonchev–Trinajstić information content (AvgIpc) is 3.17. The topological polar surface area (TPSA) is 41.6 Å². The number of benzene rings is 2. The lowest BCUT2D eigenvalue weighted by Crippen LogP contribution is -2.37. The first kappa shape index (κ1) is 20.4. The van der Waals surface area contributed by atoms with E-state index in [1.165, 1.54) is 37.1 Å². The summed E-state index contributed by atoms with van der Waals surface area (Å²) >= 11 is 0. The maximum Gasteiger partial charge on any atom is 0.261 e. The summed E-state index contributed by atoms with van der Waals surface area (Å²) in [4.78, 5) is 15.2. The third-order valence-corrected chi connectivity index (χ3v) is 5.30. The molecule has 1 heterocycles. The van der Waals surface area contributed by atoms with Crippen LogP contribution in [0, 0.1) is 13.8 Å². The second-order valence-corrected chi connectivity index (χ2v) is 7.81. The molecule has 0 saturated carbocycles.